The van der Waals surface area contributed by atoms with Gasteiger partial charge in [-0.25, -0.2) is 0 Å². The molecule has 13 heavy (non-hydrogen) atoms. The maximum Gasteiger partial charge on any atom is 0.114 e. The molecule has 4 nitrogen and oxygen atoms in total. The van der Waals surface area contributed by atoms with Crippen molar-refractivity contribution in [3.05, 3.63) is 11.9 Å². The third-order valence-electron chi connectivity index (χ3n) is 1.91. The van der Waals surface area contributed by atoms with Gasteiger partial charge in [-0.1, -0.05) is 18.6 Å². The van der Waals surface area contributed by atoms with Gasteiger partial charge in [0.2, 0.25) is 0 Å². The second kappa shape index (κ2) is 3.87. The summed E-state index contributed by atoms with van der Waals surface area (Å²) in [7, 11) is 0. The van der Waals surface area contributed by atoms with E-state index in [9.17, 15) is 5.11 Å². The second-order valence-electron chi connectivity index (χ2n) is 3.78. The average Bonchev–Trinajstić information content (AvgIpc) is 2.47. The van der Waals surface area contributed by atoms with Crippen LogP contribution in [0.5, 0.6) is 0 Å². The highest BCUT2D eigenvalue weighted by Crippen LogP contribution is 2.15. The Morgan fingerprint density at radius 1 is 1.54 bits per heavy atom. The first kappa shape index (κ1) is 10.2. The van der Waals surface area contributed by atoms with Crippen molar-refractivity contribution in [1.82, 2.24) is 15.0 Å². The van der Waals surface area contributed by atoms with Gasteiger partial charge in [0.1, 0.15) is 11.3 Å². The molecule has 0 saturated heterocycles. The average molecular weight is 183 g/mol. The Kier molecular flexibility index (Phi) is 3.03. The van der Waals surface area contributed by atoms with Crippen LogP contribution in [-0.4, -0.2) is 20.1 Å². The van der Waals surface area contributed by atoms with E-state index in [1.54, 1.807) is 24.7 Å². The summed E-state index contributed by atoms with van der Waals surface area (Å²) >= 11 is 0. The van der Waals surface area contributed by atoms with Crippen molar-refractivity contribution >= 4 is 0 Å². The molecule has 0 atom stereocenters. The van der Waals surface area contributed by atoms with Crippen LogP contribution in [-0.2, 0) is 12.1 Å². The highest BCUT2D eigenvalue weighted by Gasteiger charge is 2.19. The lowest BCUT2D eigenvalue weighted by atomic mass is 10.1. The highest BCUT2D eigenvalue weighted by atomic mass is 16.3. The number of aryl methyl sites for hydroxylation is 1. The molecule has 0 aromatic carbocycles. The lowest BCUT2D eigenvalue weighted by Crippen LogP contribution is -2.15. The van der Waals surface area contributed by atoms with E-state index in [4.69, 9.17) is 0 Å². The van der Waals surface area contributed by atoms with Crippen LogP contribution in [0, 0.1) is 0 Å². The van der Waals surface area contributed by atoms with Gasteiger partial charge in [-0.15, -0.1) is 5.10 Å². The zero-order valence-corrected chi connectivity index (χ0v) is 8.49. The van der Waals surface area contributed by atoms with Gasteiger partial charge >= 0.3 is 0 Å². The van der Waals surface area contributed by atoms with Crippen molar-refractivity contribution < 1.29 is 5.11 Å². The summed E-state index contributed by atoms with van der Waals surface area (Å²) in [6, 6.07) is 0. The minimum absolute atomic E-state index is 0.628. The number of rotatable bonds is 4. The number of unbranched alkanes of at least 4 members (excludes halogenated alkanes) is 1. The van der Waals surface area contributed by atoms with Gasteiger partial charge in [0.25, 0.3) is 0 Å². The minimum atomic E-state index is -0.884. The van der Waals surface area contributed by atoms with Crippen LogP contribution in [0.3, 0.4) is 0 Å². The lowest BCUT2D eigenvalue weighted by molar-refractivity contribution is 0.0737. The summed E-state index contributed by atoms with van der Waals surface area (Å²) in [6.07, 6.45) is 4.03. The fourth-order valence-corrected chi connectivity index (χ4v) is 1.01. The van der Waals surface area contributed by atoms with Gasteiger partial charge in [-0.05, 0) is 20.3 Å². The van der Waals surface area contributed by atoms with Crippen LogP contribution in [0.25, 0.3) is 0 Å². The molecule has 0 saturated carbocycles. The molecule has 1 heterocycles. The summed E-state index contributed by atoms with van der Waals surface area (Å²) in [5, 5.41) is 17.4. The molecule has 0 spiro atoms. The topological polar surface area (TPSA) is 50.9 Å². The molecule has 1 rings (SSSR count). The Morgan fingerprint density at radius 2 is 2.23 bits per heavy atom. The van der Waals surface area contributed by atoms with E-state index in [0.29, 0.717) is 5.69 Å². The fourth-order valence-electron chi connectivity index (χ4n) is 1.01. The predicted octanol–water partition coefficient (Wildman–Crippen LogP) is 1.31. The van der Waals surface area contributed by atoms with Gasteiger partial charge in [0.15, 0.2) is 0 Å². The normalized spacial score (nSPS) is 12.0. The molecule has 0 bridgehead atoms. The van der Waals surface area contributed by atoms with Crippen LogP contribution >= 0.6 is 0 Å². The van der Waals surface area contributed by atoms with Gasteiger partial charge in [0, 0.05) is 6.54 Å². The van der Waals surface area contributed by atoms with Crippen molar-refractivity contribution in [1.29, 1.82) is 0 Å². The van der Waals surface area contributed by atoms with Crippen LogP contribution < -0.4 is 0 Å². The highest BCUT2D eigenvalue weighted by molar-refractivity contribution is 5.02. The van der Waals surface area contributed by atoms with E-state index in [1.165, 1.54) is 0 Å². The summed E-state index contributed by atoms with van der Waals surface area (Å²) in [4.78, 5) is 0. The minimum Gasteiger partial charge on any atom is -0.384 e. The van der Waals surface area contributed by atoms with Crippen LogP contribution in [0.4, 0.5) is 0 Å². The first-order valence-electron chi connectivity index (χ1n) is 4.67. The molecule has 0 aliphatic carbocycles. The largest absolute Gasteiger partial charge is 0.384 e. The number of aliphatic hydroxyl groups is 1. The number of hydrogen-bond acceptors (Lipinski definition) is 3. The third kappa shape index (κ3) is 2.81. The number of aromatic nitrogens is 3. The molecular formula is C9H17N3O. The molecule has 0 fully saturated rings. The standard InChI is InChI=1S/C9H17N3O/c1-4-5-6-12-7-8(10-11-12)9(2,3)13/h7,13H,4-6H2,1-3H3. The Hall–Kier alpha value is -0.900. The Balaban J connectivity index is 2.64. The summed E-state index contributed by atoms with van der Waals surface area (Å²) < 4.78 is 1.77. The molecule has 74 valence electrons. The summed E-state index contributed by atoms with van der Waals surface area (Å²) in [5.74, 6) is 0. The SMILES string of the molecule is CCCCn1cc(C(C)(C)O)nn1. The van der Waals surface area contributed by atoms with Crippen LogP contribution in [0.1, 0.15) is 39.3 Å². The predicted molar refractivity (Wildman–Crippen MR) is 50.2 cm³/mol. The number of nitrogens with zero attached hydrogens (tertiary/aromatic N) is 3. The molecule has 0 aliphatic rings. The molecule has 0 unspecified atom stereocenters. The summed E-state index contributed by atoms with van der Waals surface area (Å²) in [5.41, 5.74) is -0.256. The van der Waals surface area contributed by atoms with E-state index < -0.39 is 5.60 Å². The molecule has 0 aliphatic heterocycles. The monoisotopic (exact) mass is 183 g/mol. The fraction of sp³-hybridized carbons (Fsp3) is 0.778. The van der Waals surface area contributed by atoms with Crippen LogP contribution in [0.2, 0.25) is 0 Å². The zero-order chi connectivity index (χ0) is 9.90. The summed E-state index contributed by atoms with van der Waals surface area (Å²) in [6.45, 7) is 6.43. The van der Waals surface area contributed by atoms with E-state index in [-0.39, 0.29) is 0 Å². The van der Waals surface area contributed by atoms with E-state index in [2.05, 4.69) is 17.2 Å². The zero-order valence-electron chi connectivity index (χ0n) is 8.49. The van der Waals surface area contributed by atoms with E-state index in [1.807, 2.05) is 0 Å². The molecule has 0 amide bonds. The maximum absolute atomic E-state index is 9.61. The van der Waals surface area contributed by atoms with Crippen molar-refractivity contribution in [3.63, 3.8) is 0 Å². The molecule has 0 radical (unpaired) electrons. The van der Waals surface area contributed by atoms with Crippen molar-refractivity contribution in [3.8, 4) is 0 Å². The van der Waals surface area contributed by atoms with Gasteiger partial charge in [-0.3, -0.25) is 4.68 Å². The van der Waals surface area contributed by atoms with Crippen molar-refractivity contribution in [2.24, 2.45) is 0 Å². The maximum atomic E-state index is 9.61. The molecule has 1 aromatic heterocycles. The molecule has 4 heteroatoms. The van der Waals surface area contributed by atoms with Gasteiger partial charge in [0.05, 0.1) is 6.20 Å². The lowest BCUT2D eigenvalue weighted by Gasteiger charge is -2.11. The van der Waals surface area contributed by atoms with Crippen LogP contribution in [0.15, 0.2) is 6.20 Å². The Morgan fingerprint density at radius 3 is 2.69 bits per heavy atom. The first-order valence-corrected chi connectivity index (χ1v) is 4.67. The Bertz CT molecular complexity index is 262. The first-order chi connectivity index (χ1) is 6.04. The van der Waals surface area contributed by atoms with Gasteiger partial charge < -0.3 is 5.11 Å². The molecule has 1 N–H and O–H groups in total. The van der Waals surface area contributed by atoms with Crippen molar-refractivity contribution in [2.75, 3.05) is 0 Å². The quantitative estimate of drug-likeness (QED) is 0.765. The van der Waals surface area contributed by atoms with E-state index in [0.717, 1.165) is 19.4 Å². The molecule has 1 aromatic rings. The Labute approximate surface area is 78.6 Å². The molecular weight excluding hydrogens is 166 g/mol. The number of hydrogen-bond donors (Lipinski definition) is 1. The van der Waals surface area contributed by atoms with Gasteiger partial charge in [-0.2, -0.15) is 0 Å². The third-order valence-corrected chi connectivity index (χ3v) is 1.91. The smallest absolute Gasteiger partial charge is 0.114 e. The second-order valence-corrected chi connectivity index (χ2v) is 3.78. The van der Waals surface area contributed by atoms with Crippen molar-refractivity contribution in [2.45, 2.75) is 45.8 Å². The van der Waals surface area contributed by atoms with E-state index >= 15 is 0 Å².